The molecule has 1 aliphatic heterocycles. The van der Waals surface area contributed by atoms with Crippen molar-refractivity contribution >= 4 is 0 Å². The molecule has 0 aliphatic carbocycles. The van der Waals surface area contributed by atoms with Gasteiger partial charge in [0.25, 0.3) is 0 Å². The highest BCUT2D eigenvalue weighted by molar-refractivity contribution is 4.87. The zero-order valence-electron chi connectivity index (χ0n) is 13.8. The molecule has 120 valence electrons. The summed E-state index contributed by atoms with van der Waals surface area (Å²) in [6, 6.07) is 0.446. The van der Waals surface area contributed by atoms with Gasteiger partial charge in [0.15, 0.2) is 0 Å². The van der Waals surface area contributed by atoms with Crippen molar-refractivity contribution in [1.82, 2.24) is 10.2 Å². The second-order valence-corrected chi connectivity index (χ2v) is 6.30. The molecule has 4 heteroatoms. The summed E-state index contributed by atoms with van der Waals surface area (Å²) >= 11 is 0. The molecule has 2 N–H and O–H groups in total. The lowest BCUT2D eigenvalue weighted by Gasteiger charge is -2.44. The first-order valence-electron chi connectivity index (χ1n) is 8.28. The lowest BCUT2D eigenvalue weighted by molar-refractivity contribution is -0.0887. The topological polar surface area (TPSA) is 44.7 Å². The second-order valence-electron chi connectivity index (χ2n) is 6.30. The van der Waals surface area contributed by atoms with Crippen LogP contribution in [0.25, 0.3) is 0 Å². The van der Waals surface area contributed by atoms with E-state index in [-0.39, 0.29) is 12.7 Å². The Morgan fingerprint density at radius 3 is 2.55 bits per heavy atom. The van der Waals surface area contributed by atoms with Crippen LogP contribution < -0.4 is 5.32 Å². The minimum atomic E-state index is -0.0128. The van der Waals surface area contributed by atoms with Crippen LogP contribution in [0.1, 0.15) is 47.0 Å². The Morgan fingerprint density at radius 2 is 2.00 bits per heavy atom. The van der Waals surface area contributed by atoms with Crippen molar-refractivity contribution in [3.63, 3.8) is 0 Å². The molecule has 1 rings (SSSR count). The first-order chi connectivity index (χ1) is 9.60. The summed E-state index contributed by atoms with van der Waals surface area (Å²) in [6.07, 6.45) is 3.55. The van der Waals surface area contributed by atoms with E-state index in [2.05, 4.69) is 37.9 Å². The lowest BCUT2D eigenvalue weighted by atomic mass is 9.81. The van der Waals surface area contributed by atoms with Crippen LogP contribution in [0, 0.1) is 5.41 Å². The average Bonchev–Trinajstić information content (AvgIpc) is 2.48. The predicted octanol–water partition coefficient (Wildman–Crippen LogP) is 1.87. The molecule has 2 atom stereocenters. The number of hydrogen-bond donors (Lipinski definition) is 2. The molecular formula is C16H34N2O2. The van der Waals surface area contributed by atoms with E-state index in [1.807, 2.05) is 0 Å². The van der Waals surface area contributed by atoms with Crippen LogP contribution in [0.5, 0.6) is 0 Å². The Morgan fingerprint density at radius 1 is 1.30 bits per heavy atom. The van der Waals surface area contributed by atoms with Crippen molar-refractivity contribution in [2.45, 2.75) is 59.1 Å². The molecule has 1 heterocycles. The van der Waals surface area contributed by atoms with E-state index in [1.54, 1.807) is 0 Å². The summed E-state index contributed by atoms with van der Waals surface area (Å²) in [5.41, 5.74) is 0.334. The second kappa shape index (κ2) is 8.98. The fraction of sp³-hybridized carbons (Fsp3) is 1.00. The molecule has 0 amide bonds. The Labute approximate surface area is 124 Å². The quantitative estimate of drug-likeness (QED) is 0.635. The largest absolute Gasteiger partial charge is 0.394 e. The Balaban J connectivity index is 2.62. The fourth-order valence-electron chi connectivity index (χ4n) is 2.95. The minimum absolute atomic E-state index is 0.0128. The molecule has 1 saturated heterocycles. The SMILES string of the molecule is CCCNCC(CC)(CC)CN1CC(CO)OCC1C. The van der Waals surface area contributed by atoms with E-state index in [4.69, 9.17) is 4.74 Å². The van der Waals surface area contributed by atoms with Gasteiger partial charge in [0.05, 0.1) is 19.3 Å². The van der Waals surface area contributed by atoms with Gasteiger partial charge in [0.1, 0.15) is 0 Å². The molecular weight excluding hydrogens is 252 g/mol. The maximum absolute atomic E-state index is 9.32. The Hall–Kier alpha value is -0.160. The molecule has 2 unspecified atom stereocenters. The molecule has 0 spiro atoms. The zero-order valence-corrected chi connectivity index (χ0v) is 13.8. The van der Waals surface area contributed by atoms with E-state index in [1.165, 1.54) is 19.3 Å². The van der Waals surface area contributed by atoms with Gasteiger partial charge in [-0.15, -0.1) is 0 Å². The molecule has 0 aromatic heterocycles. The smallest absolute Gasteiger partial charge is 0.0933 e. The normalized spacial score (nSPS) is 25.1. The van der Waals surface area contributed by atoms with Crippen molar-refractivity contribution in [3.05, 3.63) is 0 Å². The first kappa shape index (κ1) is 17.9. The molecule has 0 aromatic carbocycles. The van der Waals surface area contributed by atoms with Crippen LogP contribution in [-0.2, 0) is 4.74 Å². The van der Waals surface area contributed by atoms with E-state index >= 15 is 0 Å². The number of rotatable bonds is 9. The first-order valence-corrected chi connectivity index (χ1v) is 8.28. The number of aliphatic hydroxyl groups excluding tert-OH is 1. The van der Waals surface area contributed by atoms with Gasteiger partial charge in [0, 0.05) is 25.7 Å². The summed E-state index contributed by atoms with van der Waals surface area (Å²) in [7, 11) is 0. The van der Waals surface area contributed by atoms with Gasteiger partial charge in [-0.25, -0.2) is 0 Å². The third kappa shape index (κ3) is 4.99. The summed E-state index contributed by atoms with van der Waals surface area (Å²) in [5, 5.41) is 12.9. The lowest BCUT2D eigenvalue weighted by Crippen LogP contribution is -2.54. The number of morpholine rings is 1. The van der Waals surface area contributed by atoms with Crippen molar-refractivity contribution in [2.75, 3.05) is 39.4 Å². The molecule has 1 aliphatic rings. The number of aliphatic hydroxyl groups is 1. The van der Waals surface area contributed by atoms with E-state index in [9.17, 15) is 5.11 Å². The zero-order chi connectivity index (χ0) is 15.0. The molecule has 20 heavy (non-hydrogen) atoms. The highest BCUT2D eigenvalue weighted by Crippen LogP contribution is 2.29. The summed E-state index contributed by atoms with van der Waals surface area (Å²) in [4.78, 5) is 2.50. The molecule has 4 nitrogen and oxygen atoms in total. The standard InChI is InChI=1S/C16H34N2O2/c1-5-8-17-12-16(6-2,7-3)13-18-9-15(10-19)20-11-14(18)4/h14-15,17,19H,5-13H2,1-4H3. The molecule has 1 fully saturated rings. The van der Waals surface area contributed by atoms with E-state index in [0.717, 1.165) is 32.8 Å². The van der Waals surface area contributed by atoms with Crippen molar-refractivity contribution in [3.8, 4) is 0 Å². The summed E-state index contributed by atoms with van der Waals surface area (Å²) in [5.74, 6) is 0. The fourth-order valence-corrected chi connectivity index (χ4v) is 2.95. The van der Waals surface area contributed by atoms with Gasteiger partial charge in [0.2, 0.25) is 0 Å². The minimum Gasteiger partial charge on any atom is -0.394 e. The molecule has 0 saturated carbocycles. The predicted molar refractivity (Wildman–Crippen MR) is 84.0 cm³/mol. The molecule has 0 radical (unpaired) electrons. The van der Waals surface area contributed by atoms with Crippen LogP contribution in [0.4, 0.5) is 0 Å². The highest BCUT2D eigenvalue weighted by atomic mass is 16.5. The van der Waals surface area contributed by atoms with Gasteiger partial charge in [-0.2, -0.15) is 0 Å². The maximum atomic E-state index is 9.32. The third-order valence-electron chi connectivity index (χ3n) is 4.80. The third-order valence-corrected chi connectivity index (χ3v) is 4.80. The average molecular weight is 286 g/mol. The number of nitrogens with one attached hydrogen (secondary N) is 1. The van der Waals surface area contributed by atoms with Crippen LogP contribution in [-0.4, -0.2) is 61.5 Å². The van der Waals surface area contributed by atoms with Gasteiger partial charge in [-0.1, -0.05) is 20.8 Å². The number of ether oxygens (including phenoxy) is 1. The van der Waals surface area contributed by atoms with Gasteiger partial charge >= 0.3 is 0 Å². The Bertz CT molecular complexity index is 257. The monoisotopic (exact) mass is 286 g/mol. The maximum Gasteiger partial charge on any atom is 0.0933 e. The summed E-state index contributed by atoms with van der Waals surface area (Å²) in [6.45, 7) is 14.0. The van der Waals surface area contributed by atoms with Crippen LogP contribution in [0.3, 0.4) is 0 Å². The Kier molecular flexibility index (Phi) is 8.03. The molecule has 0 aromatic rings. The van der Waals surface area contributed by atoms with Gasteiger partial charge in [-0.3, -0.25) is 4.90 Å². The molecule has 0 bridgehead atoms. The number of hydrogen-bond acceptors (Lipinski definition) is 4. The van der Waals surface area contributed by atoms with Crippen molar-refractivity contribution in [2.24, 2.45) is 5.41 Å². The van der Waals surface area contributed by atoms with Crippen LogP contribution in [0.15, 0.2) is 0 Å². The van der Waals surface area contributed by atoms with Crippen molar-refractivity contribution < 1.29 is 9.84 Å². The van der Waals surface area contributed by atoms with E-state index < -0.39 is 0 Å². The van der Waals surface area contributed by atoms with Crippen LogP contribution >= 0.6 is 0 Å². The van der Waals surface area contributed by atoms with E-state index in [0.29, 0.717) is 11.5 Å². The van der Waals surface area contributed by atoms with Crippen LogP contribution in [0.2, 0.25) is 0 Å². The number of nitrogens with zero attached hydrogens (tertiary/aromatic N) is 1. The summed E-state index contributed by atoms with van der Waals surface area (Å²) < 4.78 is 5.64. The van der Waals surface area contributed by atoms with Crippen molar-refractivity contribution in [1.29, 1.82) is 0 Å². The highest BCUT2D eigenvalue weighted by Gasteiger charge is 2.33. The van der Waals surface area contributed by atoms with Gasteiger partial charge in [-0.05, 0) is 38.1 Å². The van der Waals surface area contributed by atoms with Gasteiger partial charge < -0.3 is 15.2 Å².